The van der Waals surface area contributed by atoms with Gasteiger partial charge >= 0.3 is 12.1 Å². The number of carbonyl (C=O) groups excluding carboxylic acids is 2. The molecule has 7 nitrogen and oxygen atoms in total. The van der Waals surface area contributed by atoms with Crippen LogP contribution in [-0.2, 0) is 14.3 Å². The number of amides is 2. The van der Waals surface area contributed by atoms with Crippen LogP contribution in [0.3, 0.4) is 0 Å². The molecule has 1 aliphatic rings. The van der Waals surface area contributed by atoms with E-state index in [4.69, 9.17) is 4.74 Å². The lowest BCUT2D eigenvalue weighted by atomic mass is 9.98. The van der Waals surface area contributed by atoms with Crippen molar-refractivity contribution in [1.82, 2.24) is 10.6 Å². The first-order valence-corrected chi connectivity index (χ1v) is 10.9. The fourth-order valence-electron chi connectivity index (χ4n) is 4.15. The zero-order valence-corrected chi connectivity index (χ0v) is 18.7. The zero-order chi connectivity index (χ0) is 23.3. The predicted molar refractivity (Wildman–Crippen MR) is 121 cm³/mol. The molecule has 1 aliphatic carbocycles. The maximum Gasteiger partial charge on any atom is 0.407 e. The van der Waals surface area contributed by atoms with Crippen molar-refractivity contribution in [1.29, 1.82) is 0 Å². The lowest BCUT2D eigenvalue weighted by Crippen LogP contribution is -2.49. The molecular weight excluding hydrogens is 408 g/mol. The summed E-state index contributed by atoms with van der Waals surface area (Å²) >= 11 is 0. The number of carboxylic acid groups (broad SMARTS) is 1. The summed E-state index contributed by atoms with van der Waals surface area (Å²) in [6.07, 6.45) is 0.304. The van der Waals surface area contributed by atoms with Crippen LogP contribution in [0.4, 0.5) is 4.79 Å². The minimum atomic E-state index is -1.07. The predicted octanol–water partition coefficient (Wildman–Crippen LogP) is 4.06. The Labute approximate surface area is 188 Å². The number of hydrogen-bond donors (Lipinski definition) is 3. The van der Waals surface area contributed by atoms with Gasteiger partial charge in [0, 0.05) is 17.9 Å². The van der Waals surface area contributed by atoms with Crippen LogP contribution in [0.1, 0.15) is 57.1 Å². The first-order chi connectivity index (χ1) is 15.2. The molecule has 2 aromatic rings. The van der Waals surface area contributed by atoms with Gasteiger partial charge in [0.15, 0.2) is 0 Å². The van der Waals surface area contributed by atoms with Crippen LogP contribution in [0.2, 0.25) is 0 Å². The van der Waals surface area contributed by atoms with Crippen molar-refractivity contribution < 1.29 is 24.2 Å². The second-order valence-corrected chi connectivity index (χ2v) is 8.76. The van der Waals surface area contributed by atoms with Gasteiger partial charge in [0.05, 0.1) is 0 Å². The largest absolute Gasteiger partial charge is 0.480 e. The molecule has 2 amide bonds. The van der Waals surface area contributed by atoms with Gasteiger partial charge in [-0.15, -0.1) is 0 Å². The van der Waals surface area contributed by atoms with Crippen molar-refractivity contribution in [2.75, 3.05) is 6.61 Å². The number of hydrogen-bond acceptors (Lipinski definition) is 4. The number of alkyl carbamates (subject to hydrolysis) is 1. The van der Waals surface area contributed by atoms with Crippen molar-refractivity contribution in [3.05, 3.63) is 59.7 Å². The molecule has 170 valence electrons. The van der Waals surface area contributed by atoms with E-state index < -0.39 is 29.6 Å². The molecule has 1 unspecified atom stereocenters. The van der Waals surface area contributed by atoms with Gasteiger partial charge in [-0.05, 0) is 42.5 Å². The molecule has 0 heterocycles. The van der Waals surface area contributed by atoms with E-state index in [1.54, 1.807) is 13.8 Å². The SMILES string of the molecule is CCCC(NC(=O)CC(C)(C)NC(=O)OCC1c2ccccc2-c2ccccc21)C(=O)O. The van der Waals surface area contributed by atoms with Gasteiger partial charge in [0.25, 0.3) is 0 Å². The zero-order valence-electron chi connectivity index (χ0n) is 18.7. The highest BCUT2D eigenvalue weighted by atomic mass is 16.5. The Kier molecular flexibility index (Phi) is 7.18. The Hall–Kier alpha value is -3.35. The van der Waals surface area contributed by atoms with Crippen LogP contribution >= 0.6 is 0 Å². The lowest BCUT2D eigenvalue weighted by molar-refractivity contribution is -0.142. The second kappa shape index (κ2) is 9.85. The van der Waals surface area contributed by atoms with Crippen LogP contribution < -0.4 is 10.6 Å². The highest BCUT2D eigenvalue weighted by molar-refractivity contribution is 5.84. The summed E-state index contributed by atoms with van der Waals surface area (Å²) in [4.78, 5) is 36.0. The third kappa shape index (κ3) is 5.46. The van der Waals surface area contributed by atoms with Gasteiger partial charge < -0.3 is 20.5 Å². The van der Waals surface area contributed by atoms with Gasteiger partial charge in [-0.25, -0.2) is 9.59 Å². The summed E-state index contributed by atoms with van der Waals surface area (Å²) in [5, 5.41) is 14.4. The summed E-state index contributed by atoms with van der Waals surface area (Å²) < 4.78 is 5.54. The van der Waals surface area contributed by atoms with Crippen molar-refractivity contribution in [2.24, 2.45) is 0 Å². The molecule has 0 aromatic heterocycles. The maximum absolute atomic E-state index is 12.5. The first kappa shape index (κ1) is 23.3. The fourth-order valence-corrected chi connectivity index (χ4v) is 4.15. The number of carbonyl (C=O) groups is 3. The quantitative estimate of drug-likeness (QED) is 0.548. The van der Waals surface area contributed by atoms with E-state index >= 15 is 0 Å². The van der Waals surface area contributed by atoms with Crippen molar-refractivity contribution in [3.63, 3.8) is 0 Å². The third-order valence-corrected chi connectivity index (χ3v) is 5.60. The van der Waals surface area contributed by atoms with Gasteiger partial charge in [-0.3, -0.25) is 4.79 Å². The van der Waals surface area contributed by atoms with Gasteiger partial charge in [0.2, 0.25) is 5.91 Å². The molecule has 0 spiro atoms. The molecule has 2 aromatic carbocycles. The molecule has 32 heavy (non-hydrogen) atoms. The van der Waals surface area contributed by atoms with Gasteiger partial charge in [-0.2, -0.15) is 0 Å². The van der Waals surface area contributed by atoms with Gasteiger partial charge in [0.1, 0.15) is 12.6 Å². The first-order valence-electron chi connectivity index (χ1n) is 10.9. The average molecular weight is 439 g/mol. The molecular formula is C25H30N2O5. The molecule has 7 heteroatoms. The Balaban J connectivity index is 1.57. The number of nitrogens with one attached hydrogen (secondary N) is 2. The molecule has 0 bridgehead atoms. The van der Waals surface area contributed by atoms with Crippen LogP contribution in [0.5, 0.6) is 0 Å². The van der Waals surface area contributed by atoms with E-state index in [9.17, 15) is 19.5 Å². The van der Waals surface area contributed by atoms with Gasteiger partial charge in [-0.1, -0.05) is 61.9 Å². The Morgan fingerprint density at radius 3 is 2.12 bits per heavy atom. The molecule has 0 saturated heterocycles. The third-order valence-electron chi connectivity index (χ3n) is 5.60. The van der Waals surface area contributed by atoms with E-state index in [1.807, 2.05) is 43.3 Å². The Bertz CT molecular complexity index is 956. The van der Waals surface area contributed by atoms with Crippen LogP contribution in [-0.4, -0.2) is 41.3 Å². The topological polar surface area (TPSA) is 105 Å². The summed E-state index contributed by atoms with van der Waals surface area (Å²) in [5.41, 5.74) is 3.64. The Morgan fingerprint density at radius 2 is 1.59 bits per heavy atom. The minimum absolute atomic E-state index is 0.0510. The number of rotatable bonds is 9. The molecule has 0 aliphatic heterocycles. The highest BCUT2D eigenvalue weighted by Crippen LogP contribution is 2.44. The summed E-state index contributed by atoms with van der Waals surface area (Å²) in [6, 6.07) is 15.2. The van der Waals surface area contributed by atoms with E-state index in [1.165, 1.54) is 0 Å². The van der Waals surface area contributed by atoms with Crippen molar-refractivity contribution >= 4 is 18.0 Å². The fraction of sp³-hybridized carbons (Fsp3) is 0.400. The average Bonchev–Trinajstić information content (AvgIpc) is 3.05. The number of fused-ring (bicyclic) bond motifs is 3. The van der Waals surface area contributed by atoms with E-state index in [2.05, 4.69) is 22.8 Å². The smallest absolute Gasteiger partial charge is 0.407 e. The number of benzene rings is 2. The van der Waals surface area contributed by atoms with Crippen LogP contribution in [0, 0.1) is 0 Å². The van der Waals surface area contributed by atoms with E-state index in [-0.39, 0.29) is 18.9 Å². The summed E-state index contributed by atoms with van der Waals surface area (Å²) in [5.74, 6) is -1.55. The summed E-state index contributed by atoms with van der Waals surface area (Å²) in [6.45, 7) is 5.43. The lowest BCUT2D eigenvalue weighted by Gasteiger charge is -2.26. The van der Waals surface area contributed by atoms with Crippen LogP contribution in [0.25, 0.3) is 11.1 Å². The molecule has 0 fully saturated rings. The monoisotopic (exact) mass is 438 g/mol. The molecule has 1 atom stereocenters. The molecule has 0 radical (unpaired) electrons. The van der Waals surface area contributed by atoms with E-state index in [0.29, 0.717) is 12.8 Å². The minimum Gasteiger partial charge on any atom is -0.480 e. The van der Waals surface area contributed by atoms with Crippen LogP contribution in [0.15, 0.2) is 48.5 Å². The van der Waals surface area contributed by atoms with E-state index in [0.717, 1.165) is 22.3 Å². The normalized spacial score (nSPS) is 13.6. The molecule has 0 saturated carbocycles. The molecule has 3 N–H and O–H groups in total. The highest BCUT2D eigenvalue weighted by Gasteiger charge is 2.31. The maximum atomic E-state index is 12.5. The summed E-state index contributed by atoms with van der Waals surface area (Å²) in [7, 11) is 0. The van der Waals surface area contributed by atoms with Crippen molar-refractivity contribution in [3.8, 4) is 11.1 Å². The standard InChI is InChI=1S/C25H30N2O5/c1-4-9-21(23(29)30)26-22(28)14-25(2,3)27-24(31)32-15-20-18-12-7-5-10-16(18)17-11-6-8-13-19(17)20/h5-8,10-13,20-21H,4,9,14-15H2,1-3H3,(H,26,28)(H,27,31)(H,29,30). The number of aliphatic carboxylic acids is 1. The van der Waals surface area contributed by atoms with Crippen molar-refractivity contribution in [2.45, 2.75) is 57.5 Å². The number of carboxylic acids is 1. The number of ether oxygens (including phenoxy) is 1. The second-order valence-electron chi connectivity index (χ2n) is 8.76. The molecule has 3 rings (SSSR count). The Morgan fingerprint density at radius 1 is 1.03 bits per heavy atom.